The molecule has 0 aliphatic carbocycles. The van der Waals surface area contributed by atoms with E-state index in [2.05, 4.69) is 10.3 Å². The zero-order valence-electron chi connectivity index (χ0n) is 11.6. The highest BCUT2D eigenvalue weighted by molar-refractivity contribution is 5.53. The van der Waals surface area contributed by atoms with Gasteiger partial charge in [-0.3, -0.25) is 0 Å². The summed E-state index contributed by atoms with van der Waals surface area (Å²) in [6.45, 7) is 3.55. The van der Waals surface area contributed by atoms with Gasteiger partial charge in [-0.2, -0.15) is 4.98 Å². The second-order valence-electron chi connectivity index (χ2n) is 4.26. The van der Waals surface area contributed by atoms with E-state index < -0.39 is 6.10 Å². The van der Waals surface area contributed by atoms with Crippen molar-refractivity contribution >= 4 is 11.5 Å². The SMILES string of the molecule is CCCOc1nc(NCCC(O)COC)ccc1N. The summed E-state index contributed by atoms with van der Waals surface area (Å²) in [6, 6.07) is 3.54. The molecular formula is C13H23N3O3. The Morgan fingerprint density at radius 1 is 1.47 bits per heavy atom. The fourth-order valence-electron chi connectivity index (χ4n) is 1.51. The summed E-state index contributed by atoms with van der Waals surface area (Å²) in [7, 11) is 1.57. The number of hydrogen-bond donors (Lipinski definition) is 3. The van der Waals surface area contributed by atoms with Crippen molar-refractivity contribution < 1.29 is 14.6 Å². The van der Waals surface area contributed by atoms with Crippen molar-refractivity contribution in [1.29, 1.82) is 0 Å². The van der Waals surface area contributed by atoms with Gasteiger partial charge in [-0.25, -0.2) is 0 Å². The smallest absolute Gasteiger partial charge is 0.239 e. The van der Waals surface area contributed by atoms with E-state index in [9.17, 15) is 5.11 Å². The van der Waals surface area contributed by atoms with E-state index in [4.69, 9.17) is 15.2 Å². The Balaban J connectivity index is 2.45. The summed E-state index contributed by atoms with van der Waals surface area (Å²) in [5, 5.41) is 12.6. The number of aromatic nitrogens is 1. The Hall–Kier alpha value is -1.53. The molecule has 1 aromatic rings. The summed E-state index contributed by atoms with van der Waals surface area (Å²) < 4.78 is 10.3. The van der Waals surface area contributed by atoms with Crippen LogP contribution in [0.1, 0.15) is 19.8 Å². The first-order valence-electron chi connectivity index (χ1n) is 6.47. The normalized spacial score (nSPS) is 12.2. The molecule has 1 rings (SSSR count). The first-order valence-corrected chi connectivity index (χ1v) is 6.47. The lowest BCUT2D eigenvalue weighted by Crippen LogP contribution is -2.18. The van der Waals surface area contributed by atoms with Crippen molar-refractivity contribution in [3.63, 3.8) is 0 Å². The lowest BCUT2D eigenvalue weighted by Gasteiger charge is -2.12. The average Bonchev–Trinajstić information content (AvgIpc) is 2.39. The molecule has 0 saturated heterocycles. The van der Waals surface area contributed by atoms with E-state index in [0.717, 1.165) is 6.42 Å². The number of ether oxygens (including phenoxy) is 2. The minimum Gasteiger partial charge on any atom is -0.476 e. The van der Waals surface area contributed by atoms with Gasteiger partial charge in [0.2, 0.25) is 5.88 Å². The number of nitrogen functional groups attached to an aromatic ring is 1. The van der Waals surface area contributed by atoms with Crippen LogP contribution < -0.4 is 15.8 Å². The average molecular weight is 269 g/mol. The number of aliphatic hydroxyl groups is 1. The molecule has 1 heterocycles. The largest absolute Gasteiger partial charge is 0.476 e. The number of pyridine rings is 1. The fraction of sp³-hybridized carbons (Fsp3) is 0.615. The lowest BCUT2D eigenvalue weighted by atomic mass is 10.2. The highest BCUT2D eigenvalue weighted by Crippen LogP contribution is 2.20. The molecule has 6 nitrogen and oxygen atoms in total. The van der Waals surface area contributed by atoms with Crippen LogP contribution in [0.2, 0.25) is 0 Å². The van der Waals surface area contributed by atoms with Gasteiger partial charge in [-0.1, -0.05) is 6.92 Å². The third-order valence-electron chi connectivity index (χ3n) is 2.48. The highest BCUT2D eigenvalue weighted by Gasteiger charge is 2.06. The van der Waals surface area contributed by atoms with Gasteiger partial charge < -0.3 is 25.6 Å². The molecule has 1 unspecified atom stereocenters. The topological polar surface area (TPSA) is 89.6 Å². The molecule has 1 atom stereocenters. The summed E-state index contributed by atoms with van der Waals surface area (Å²) >= 11 is 0. The first kappa shape index (κ1) is 15.5. The first-order chi connectivity index (χ1) is 9.17. The van der Waals surface area contributed by atoms with E-state index in [-0.39, 0.29) is 0 Å². The summed E-state index contributed by atoms with van der Waals surface area (Å²) in [4.78, 5) is 4.28. The predicted octanol–water partition coefficient (Wildman–Crippen LogP) is 1.26. The standard InChI is InChI=1S/C13H23N3O3/c1-3-8-19-13-11(14)4-5-12(16-13)15-7-6-10(17)9-18-2/h4-5,10,17H,3,6-9,14H2,1-2H3,(H,15,16). The van der Waals surface area contributed by atoms with Crippen LogP contribution in [-0.4, -0.2) is 43.1 Å². The minimum absolute atomic E-state index is 0.335. The molecule has 0 aliphatic rings. The van der Waals surface area contributed by atoms with E-state index >= 15 is 0 Å². The molecule has 1 aromatic heterocycles. The minimum atomic E-state index is -0.470. The Bertz CT molecular complexity index is 374. The molecule has 4 N–H and O–H groups in total. The van der Waals surface area contributed by atoms with Crippen molar-refractivity contribution in [2.45, 2.75) is 25.9 Å². The van der Waals surface area contributed by atoms with E-state index in [1.807, 2.05) is 6.92 Å². The second-order valence-corrected chi connectivity index (χ2v) is 4.26. The molecule has 0 radical (unpaired) electrons. The Morgan fingerprint density at radius 2 is 2.26 bits per heavy atom. The van der Waals surface area contributed by atoms with Gasteiger partial charge in [0.15, 0.2) is 0 Å². The number of aliphatic hydroxyl groups excluding tert-OH is 1. The van der Waals surface area contributed by atoms with Crippen LogP contribution in [0.25, 0.3) is 0 Å². The van der Waals surface area contributed by atoms with Gasteiger partial charge >= 0.3 is 0 Å². The van der Waals surface area contributed by atoms with Crippen LogP contribution in [0, 0.1) is 0 Å². The maximum atomic E-state index is 9.51. The Labute approximate surface area is 113 Å². The molecule has 108 valence electrons. The predicted molar refractivity (Wildman–Crippen MR) is 75.4 cm³/mol. The third-order valence-corrected chi connectivity index (χ3v) is 2.48. The van der Waals surface area contributed by atoms with Gasteiger partial charge in [0.05, 0.1) is 25.0 Å². The highest BCUT2D eigenvalue weighted by atomic mass is 16.5. The summed E-state index contributed by atoms with van der Waals surface area (Å²) in [5.74, 6) is 1.13. The molecule has 19 heavy (non-hydrogen) atoms. The van der Waals surface area contributed by atoms with Crippen LogP contribution in [0.15, 0.2) is 12.1 Å². The second kappa shape index (κ2) is 8.55. The van der Waals surface area contributed by atoms with Crippen LogP contribution >= 0.6 is 0 Å². The molecule has 0 aromatic carbocycles. The number of nitrogens with two attached hydrogens (primary N) is 1. The molecule has 0 amide bonds. The fourth-order valence-corrected chi connectivity index (χ4v) is 1.51. The number of nitrogens with one attached hydrogen (secondary N) is 1. The van der Waals surface area contributed by atoms with E-state index in [1.54, 1.807) is 19.2 Å². The van der Waals surface area contributed by atoms with Gasteiger partial charge in [-0.15, -0.1) is 0 Å². The number of anilines is 2. The molecule has 0 fully saturated rings. The number of hydrogen-bond acceptors (Lipinski definition) is 6. The van der Waals surface area contributed by atoms with Gasteiger partial charge in [0, 0.05) is 13.7 Å². The third kappa shape index (κ3) is 5.76. The van der Waals surface area contributed by atoms with E-state index in [1.165, 1.54) is 0 Å². The van der Waals surface area contributed by atoms with Crippen molar-refractivity contribution in [2.24, 2.45) is 0 Å². The monoisotopic (exact) mass is 269 g/mol. The number of methoxy groups -OCH3 is 1. The van der Waals surface area contributed by atoms with Gasteiger partial charge in [0.25, 0.3) is 0 Å². The van der Waals surface area contributed by atoms with Crippen LogP contribution in [0.3, 0.4) is 0 Å². The quantitative estimate of drug-likeness (QED) is 0.625. The van der Waals surface area contributed by atoms with Gasteiger partial charge in [0.1, 0.15) is 5.82 Å². The van der Waals surface area contributed by atoms with Crippen molar-refractivity contribution in [1.82, 2.24) is 4.98 Å². The van der Waals surface area contributed by atoms with Crippen LogP contribution in [0.4, 0.5) is 11.5 Å². The molecule has 0 bridgehead atoms. The maximum Gasteiger partial charge on any atom is 0.239 e. The van der Waals surface area contributed by atoms with E-state index in [0.29, 0.717) is 43.6 Å². The Kier molecular flexibility index (Phi) is 6.99. The maximum absolute atomic E-state index is 9.51. The number of nitrogens with zero attached hydrogens (tertiary/aromatic N) is 1. The molecular weight excluding hydrogens is 246 g/mol. The van der Waals surface area contributed by atoms with Crippen molar-refractivity contribution in [3.8, 4) is 5.88 Å². The molecule has 0 aliphatic heterocycles. The zero-order chi connectivity index (χ0) is 14.1. The molecule has 6 heteroatoms. The van der Waals surface area contributed by atoms with Gasteiger partial charge in [-0.05, 0) is 25.0 Å². The molecule has 0 saturated carbocycles. The van der Waals surface area contributed by atoms with Crippen LogP contribution in [-0.2, 0) is 4.74 Å². The number of rotatable bonds is 9. The Morgan fingerprint density at radius 3 is 2.95 bits per heavy atom. The zero-order valence-corrected chi connectivity index (χ0v) is 11.6. The molecule has 0 spiro atoms. The van der Waals surface area contributed by atoms with Crippen LogP contribution in [0.5, 0.6) is 5.88 Å². The summed E-state index contributed by atoms with van der Waals surface area (Å²) in [6.07, 6.45) is 1.02. The lowest BCUT2D eigenvalue weighted by molar-refractivity contribution is 0.0615. The summed E-state index contributed by atoms with van der Waals surface area (Å²) in [5.41, 5.74) is 6.30. The van der Waals surface area contributed by atoms with Crippen molar-refractivity contribution in [3.05, 3.63) is 12.1 Å². The van der Waals surface area contributed by atoms with Crippen molar-refractivity contribution in [2.75, 3.05) is 37.9 Å².